The molecule has 0 unspecified atom stereocenters. The molecule has 0 spiro atoms. The molecule has 1 nitrogen and oxygen atoms in total. The van der Waals surface area contributed by atoms with Gasteiger partial charge in [0.1, 0.15) is 0 Å². The van der Waals surface area contributed by atoms with Crippen LogP contribution in [0.2, 0.25) is 0 Å². The van der Waals surface area contributed by atoms with Crippen molar-refractivity contribution < 1.29 is 0 Å². The third-order valence-electron chi connectivity index (χ3n) is 1.24. The van der Waals surface area contributed by atoms with E-state index in [0.29, 0.717) is 0 Å². The molecule has 1 heterocycles. The van der Waals surface area contributed by atoms with Gasteiger partial charge < -0.3 is 0 Å². The topological polar surface area (TPSA) is 12.9 Å². The normalized spacial score (nSPS) is 9.78. The first kappa shape index (κ1) is 5.12. The van der Waals surface area contributed by atoms with Crippen molar-refractivity contribution in [3.8, 4) is 0 Å². The summed E-state index contributed by atoms with van der Waals surface area (Å²) in [6.45, 7) is 0. The van der Waals surface area contributed by atoms with Crippen LogP contribution in [0.3, 0.4) is 0 Å². The summed E-state index contributed by atoms with van der Waals surface area (Å²) in [5.74, 6) is 0. The van der Waals surface area contributed by atoms with Crippen LogP contribution in [0, 0.1) is 0 Å². The number of benzene rings is 1. The Morgan fingerprint density at radius 3 is 3.11 bits per heavy atom. The minimum atomic E-state index is 1.10. The molecule has 3 heteroatoms. The van der Waals surface area contributed by atoms with Crippen molar-refractivity contribution in [1.29, 1.82) is 0 Å². The van der Waals surface area contributed by atoms with Crippen molar-refractivity contribution in [3.05, 3.63) is 24.3 Å². The Hall–Kier alpha value is -0.695. The van der Waals surface area contributed by atoms with Gasteiger partial charge in [0.25, 0.3) is 0 Å². The molecule has 0 radical (unpaired) electrons. The quantitative estimate of drug-likeness (QED) is 0.532. The first-order valence-electron chi connectivity index (χ1n) is 2.75. The van der Waals surface area contributed by atoms with E-state index < -0.39 is 0 Å². The predicted octanol–water partition coefficient (Wildman–Crippen LogP) is 1.63. The van der Waals surface area contributed by atoms with Crippen molar-refractivity contribution in [2.45, 2.75) is 0 Å². The average Bonchev–Trinajstić information content (AvgIpc) is 2.33. The van der Waals surface area contributed by atoms with Crippen LogP contribution >= 0.6 is 11.2 Å². The monoisotopic (exact) mass is 133 g/mol. The molecule has 0 bridgehead atoms. The van der Waals surface area contributed by atoms with Gasteiger partial charge in [0.15, 0.2) is 0 Å². The summed E-state index contributed by atoms with van der Waals surface area (Å²) in [5, 5.41) is 0. The molecule has 2 aromatic rings. The molecule has 0 amide bonds. The Kier molecular flexibility index (Phi) is 1.09. The first-order valence-corrected chi connectivity index (χ1v) is 3.63. The molecule has 0 aliphatic carbocycles. The number of aromatic nitrogens is 1. The SMILES string of the molecule is b1nc2ccccc2s1. The van der Waals surface area contributed by atoms with Gasteiger partial charge >= 0.3 is 56.9 Å². The third kappa shape index (κ3) is 0.773. The van der Waals surface area contributed by atoms with E-state index in [1.165, 1.54) is 4.70 Å². The molecule has 0 N–H and O–H groups in total. The predicted molar refractivity (Wildman–Crippen MR) is 41.0 cm³/mol. The Morgan fingerprint density at radius 2 is 2.22 bits per heavy atom. The Morgan fingerprint density at radius 1 is 1.33 bits per heavy atom. The van der Waals surface area contributed by atoms with Crippen molar-refractivity contribution in [2.24, 2.45) is 0 Å². The number of fused-ring (bicyclic) bond motifs is 1. The fourth-order valence-corrected chi connectivity index (χ4v) is 1.48. The van der Waals surface area contributed by atoms with E-state index in [0.717, 1.165) is 5.52 Å². The summed E-state index contributed by atoms with van der Waals surface area (Å²) in [5.41, 5.74) is 1.10. The average molecular weight is 133 g/mol. The third-order valence-corrected chi connectivity index (χ3v) is 2.05. The molecule has 0 fully saturated rings. The van der Waals surface area contributed by atoms with Crippen LogP contribution in [0.1, 0.15) is 0 Å². The summed E-state index contributed by atoms with van der Waals surface area (Å²) in [6.07, 6.45) is 1.87. The van der Waals surface area contributed by atoms with E-state index in [4.69, 9.17) is 0 Å². The number of rotatable bonds is 0. The van der Waals surface area contributed by atoms with Crippen LogP contribution in [0.5, 0.6) is 0 Å². The molecule has 2 rings (SSSR count). The summed E-state index contributed by atoms with van der Waals surface area (Å²) < 4.78 is 1.26. The maximum absolute atomic E-state index is 4.14. The molecule has 0 saturated heterocycles. The molecule has 1 aromatic heterocycles. The van der Waals surface area contributed by atoms with Gasteiger partial charge in [-0.3, -0.25) is 0 Å². The summed E-state index contributed by atoms with van der Waals surface area (Å²) in [4.78, 5) is 4.14. The van der Waals surface area contributed by atoms with Gasteiger partial charge in [0, 0.05) is 0 Å². The van der Waals surface area contributed by atoms with Crippen LogP contribution in [-0.2, 0) is 0 Å². The molecule has 0 aliphatic heterocycles. The second kappa shape index (κ2) is 1.92. The van der Waals surface area contributed by atoms with E-state index >= 15 is 0 Å². The van der Waals surface area contributed by atoms with Gasteiger partial charge in [0.05, 0.1) is 0 Å². The Bertz CT molecular complexity index is 287. The van der Waals surface area contributed by atoms with Crippen LogP contribution in [0.4, 0.5) is 0 Å². The second-order valence-electron chi connectivity index (χ2n) is 1.82. The van der Waals surface area contributed by atoms with Crippen molar-refractivity contribution in [1.82, 2.24) is 4.89 Å². The number of hydrogen-bond acceptors (Lipinski definition) is 2. The Balaban J connectivity index is 2.95. The van der Waals surface area contributed by atoms with Crippen LogP contribution < -0.4 is 0 Å². The minimum absolute atomic E-state index is 1.10. The van der Waals surface area contributed by atoms with Crippen molar-refractivity contribution in [3.63, 3.8) is 0 Å². The molecule has 0 saturated carbocycles. The van der Waals surface area contributed by atoms with Gasteiger partial charge in [-0.2, -0.15) is 0 Å². The van der Waals surface area contributed by atoms with Gasteiger partial charge in [-0.15, -0.1) is 0 Å². The van der Waals surface area contributed by atoms with Gasteiger partial charge in [-0.05, 0) is 0 Å². The van der Waals surface area contributed by atoms with Crippen molar-refractivity contribution >= 4 is 27.7 Å². The molecule has 0 atom stereocenters. The van der Waals surface area contributed by atoms with E-state index in [1.54, 1.807) is 11.2 Å². The second-order valence-corrected chi connectivity index (χ2v) is 2.71. The maximum atomic E-state index is 4.14. The zero-order chi connectivity index (χ0) is 6.10. The number of hydrogen-bond donors (Lipinski definition) is 0. The van der Waals surface area contributed by atoms with Gasteiger partial charge in [0.2, 0.25) is 0 Å². The summed E-state index contributed by atoms with van der Waals surface area (Å²) >= 11 is 1.68. The molecular formula is C6H4BNS. The van der Waals surface area contributed by atoms with E-state index in [-0.39, 0.29) is 0 Å². The van der Waals surface area contributed by atoms with E-state index in [9.17, 15) is 0 Å². The molecule has 1 aromatic carbocycles. The molecule has 42 valence electrons. The molecule has 0 aliphatic rings. The standard InChI is InChI=1S/C6H4BNS/c1-2-4-6-5(3-1)8-7-9-6/h1-4H. The first-order chi connectivity index (χ1) is 4.47. The summed E-state index contributed by atoms with van der Waals surface area (Å²) in [7, 11) is 0. The fraction of sp³-hybridized carbons (Fsp3) is 0. The van der Waals surface area contributed by atoms with Crippen LogP contribution in [-0.4, -0.2) is 11.2 Å². The van der Waals surface area contributed by atoms with Crippen molar-refractivity contribution in [2.75, 3.05) is 0 Å². The summed E-state index contributed by atoms with van der Waals surface area (Å²) in [6, 6.07) is 8.13. The molecule has 9 heavy (non-hydrogen) atoms. The van der Waals surface area contributed by atoms with E-state index in [1.807, 2.05) is 24.5 Å². The van der Waals surface area contributed by atoms with Crippen LogP contribution in [0.15, 0.2) is 24.3 Å². The zero-order valence-corrected chi connectivity index (χ0v) is 5.56. The van der Waals surface area contributed by atoms with Crippen LogP contribution in [0.25, 0.3) is 10.2 Å². The van der Waals surface area contributed by atoms with Gasteiger partial charge in [-0.1, -0.05) is 0 Å². The fourth-order valence-electron chi connectivity index (χ4n) is 0.803. The van der Waals surface area contributed by atoms with Gasteiger partial charge in [-0.25, -0.2) is 0 Å². The zero-order valence-electron chi connectivity index (χ0n) is 4.74. The number of nitrogens with zero attached hydrogens (tertiary/aromatic N) is 1. The molecular weight excluding hydrogens is 129 g/mol. The Labute approximate surface area is 57.5 Å². The van der Waals surface area contributed by atoms with E-state index in [2.05, 4.69) is 11.0 Å².